The van der Waals surface area contributed by atoms with Crippen LogP contribution < -0.4 is 10.2 Å². The summed E-state index contributed by atoms with van der Waals surface area (Å²) in [5.41, 5.74) is 4.08. The average molecular weight is 553 g/mol. The van der Waals surface area contributed by atoms with E-state index in [2.05, 4.69) is 20.2 Å². The number of nitrogens with zero attached hydrogens (tertiary/aromatic N) is 3. The van der Waals surface area contributed by atoms with Crippen LogP contribution >= 0.6 is 0 Å². The van der Waals surface area contributed by atoms with E-state index in [0.29, 0.717) is 41.4 Å². The fourth-order valence-electron chi connectivity index (χ4n) is 4.87. The third-order valence-corrected chi connectivity index (χ3v) is 8.10. The van der Waals surface area contributed by atoms with Crippen molar-refractivity contribution in [1.29, 1.82) is 0 Å². The van der Waals surface area contributed by atoms with Gasteiger partial charge in [-0.1, -0.05) is 19.9 Å². The number of benzene rings is 2. The molecule has 3 heterocycles. The predicted molar refractivity (Wildman–Crippen MR) is 150 cm³/mol. The van der Waals surface area contributed by atoms with Crippen molar-refractivity contribution in [1.82, 2.24) is 9.97 Å². The van der Waals surface area contributed by atoms with E-state index in [1.165, 1.54) is 0 Å². The minimum atomic E-state index is -3.63. The first-order chi connectivity index (χ1) is 18.5. The minimum Gasteiger partial charge on any atom is -0.378 e. The highest BCUT2D eigenvalue weighted by atomic mass is 32.2. The van der Waals surface area contributed by atoms with Crippen molar-refractivity contribution in [3.8, 4) is 11.3 Å². The number of halogens is 2. The number of morpholine rings is 1. The first-order valence-electron chi connectivity index (χ1n) is 12.7. The molecule has 0 radical (unpaired) electrons. The minimum absolute atomic E-state index is 0.0716. The van der Waals surface area contributed by atoms with Gasteiger partial charge in [-0.15, -0.1) is 0 Å². The summed E-state index contributed by atoms with van der Waals surface area (Å²) in [5.74, 6) is -1.42. The van der Waals surface area contributed by atoms with Gasteiger partial charge >= 0.3 is 0 Å². The first-order valence-corrected chi connectivity index (χ1v) is 14.6. The summed E-state index contributed by atoms with van der Waals surface area (Å²) in [7, 11) is -3.63. The van der Waals surface area contributed by atoms with Gasteiger partial charge in [0.15, 0.2) is 9.84 Å². The van der Waals surface area contributed by atoms with Crippen LogP contribution in [-0.2, 0) is 14.6 Å². The summed E-state index contributed by atoms with van der Waals surface area (Å²) < 4.78 is 60.6. The highest BCUT2D eigenvalue weighted by molar-refractivity contribution is 7.90. The summed E-state index contributed by atoms with van der Waals surface area (Å²) in [4.78, 5) is 11.2. The van der Waals surface area contributed by atoms with E-state index in [4.69, 9.17) is 4.74 Å². The fraction of sp³-hybridized carbons (Fsp3) is 0.310. The van der Waals surface area contributed by atoms with Gasteiger partial charge in [0.05, 0.1) is 64.2 Å². The number of aromatic nitrogens is 2. The lowest BCUT2D eigenvalue weighted by molar-refractivity contribution is 0.122. The molecule has 5 rings (SSSR count). The van der Waals surface area contributed by atoms with E-state index in [0.717, 1.165) is 42.7 Å². The molecule has 0 saturated carbocycles. The number of anilines is 3. The van der Waals surface area contributed by atoms with E-state index >= 15 is 4.39 Å². The van der Waals surface area contributed by atoms with Crippen LogP contribution in [0.3, 0.4) is 0 Å². The van der Waals surface area contributed by atoms with E-state index < -0.39 is 21.5 Å². The molecular formula is C29H30F2N4O3S. The lowest BCUT2D eigenvalue weighted by Crippen LogP contribution is -2.36. The predicted octanol–water partition coefficient (Wildman–Crippen LogP) is 5.99. The quantitative estimate of drug-likeness (QED) is 0.315. The molecule has 0 aliphatic carbocycles. The lowest BCUT2D eigenvalue weighted by Gasteiger charge is -2.29. The van der Waals surface area contributed by atoms with Crippen molar-refractivity contribution in [2.75, 3.05) is 42.8 Å². The third-order valence-electron chi connectivity index (χ3n) is 6.94. The first kappa shape index (κ1) is 27.0. The van der Waals surface area contributed by atoms with Crippen molar-refractivity contribution < 1.29 is 21.9 Å². The largest absolute Gasteiger partial charge is 0.378 e. The Kier molecular flexibility index (Phi) is 7.26. The van der Waals surface area contributed by atoms with Gasteiger partial charge in [-0.3, -0.25) is 4.98 Å². The van der Waals surface area contributed by atoms with Crippen molar-refractivity contribution >= 4 is 37.8 Å². The second kappa shape index (κ2) is 10.5. The molecule has 1 fully saturated rings. The number of hydrogen-bond acceptors (Lipinski definition) is 7. The molecule has 1 aliphatic rings. The second-order valence-corrected chi connectivity index (χ2v) is 12.1. The Morgan fingerprint density at radius 3 is 2.49 bits per heavy atom. The van der Waals surface area contributed by atoms with Crippen LogP contribution in [0.1, 0.15) is 30.9 Å². The molecule has 0 atom stereocenters. The number of nitrogens with one attached hydrogen (secondary N) is 1. The van der Waals surface area contributed by atoms with Gasteiger partial charge in [0.1, 0.15) is 11.6 Å². The molecular weight excluding hydrogens is 522 g/mol. The molecule has 7 nitrogen and oxygen atoms in total. The zero-order valence-corrected chi connectivity index (χ0v) is 23.1. The van der Waals surface area contributed by atoms with E-state index in [-0.39, 0.29) is 21.7 Å². The van der Waals surface area contributed by atoms with Gasteiger partial charge in [-0.2, -0.15) is 0 Å². The molecule has 0 amide bonds. The summed E-state index contributed by atoms with van der Waals surface area (Å²) >= 11 is 0. The summed E-state index contributed by atoms with van der Waals surface area (Å²) in [6, 6.07) is 9.02. The molecule has 1 saturated heterocycles. The van der Waals surface area contributed by atoms with Gasteiger partial charge in [0.2, 0.25) is 0 Å². The van der Waals surface area contributed by atoms with Crippen molar-refractivity contribution in [2.45, 2.75) is 31.6 Å². The normalized spacial score (nSPS) is 14.3. The zero-order chi connectivity index (χ0) is 27.9. The Labute approximate surface area is 226 Å². The number of rotatable bonds is 6. The van der Waals surface area contributed by atoms with Crippen LogP contribution in [0.5, 0.6) is 0 Å². The summed E-state index contributed by atoms with van der Waals surface area (Å²) in [5, 5.41) is 3.40. The maximum Gasteiger partial charge on any atom is 0.176 e. The summed E-state index contributed by atoms with van der Waals surface area (Å²) in [6.45, 7) is 8.44. The fourth-order valence-corrected chi connectivity index (χ4v) is 5.74. The Bertz CT molecular complexity index is 1670. The molecule has 0 bridgehead atoms. The molecule has 1 aliphatic heterocycles. The summed E-state index contributed by atoms with van der Waals surface area (Å²) in [6.07, 6.45) is 4.52. The zero-order valence-electron chi connectivity index (χ0n) is 22.3. The number of pyridine rings is 2. The Morgan fingerprint density at radius 2 is 1.79 bits per heavy atom. The molecule has 0 unspecified atom stereocenters. The molecule has 204 valence electrons. The van der Waals surface area contributed by atoms with Gasteiger partial charge in [0.25, 0.3) is 0 Å². The van der Waals surface area contributed by atoms with Gasteiger partial charge in [-0.25, -0.2) is 22.2 Å². The van der Waals surface area contributed by atoms with Gasteiger partial charge < -0.3 is 15.0 Å². The SMILES string of the molecule is Cc1c(-c2cc(C(C)C)ccc2S(C)(=O)=O)nc2cc(F)cc(F)c2c1Nc1cncc(N2CCOCC2)c1. The molecule has 0 spiro atoms. The van der Waals surface area contributed by atoms with Gasteiger partial charge in [0, 0.05) is 37.0 Å². The molecule has 10 heteroatoms. The van der Waals surface area contributed by atoms with Crippen molar-refractivity contribution in [3.63, 3.8) is 0 Å². The Balaban J connectivity index is 1.73. The van der Waals surface area contributed by atoms with E-state index in [1.807, 2.05) is 19.9 Å². The van der Waals surface area contributed by atoms with Crippen LogP contribution in [0, 0.1) is 18.6 Å². The highest BCUT2D eigenvalue weighted by Gasteiger charge is 2.23. The molecule has 2 aromatic carbocycles. The molecule has 2 aromatic heterocycles. The third kappa shape index (κ3) is 5.44. The smallest absolute Gasteiger partial charge is 0.176 e. The number of fused-ring (bicyclic) bond motifs is 1. The van der Waals surface area contributed by atoms with Crippen LogP contribution in [0.4, 0.5) is 25.8 Å². The van der Waals surface area contributed by atoms with Crippen LogP contribution in [-0.4, -0.2) is 50.9 Å². The van der Waals surface area contributed by atoms with Crippen molar-refractivity contribution in [3.05, 3.63) is 71.6 Å². The number of sulfone groups is 1. The van der Waals surface area contributed by atoms with E-state index in [9.17, 15) is 12.8 Å². The van der Waals surface area contributed by atoms with Crippen molar-refractivity contribution in [2.24, 2.45) is 0 Å². The van der Waals surface area contributed by atoms with Gasteiger partial charge in [-0.05, 0) is 42.2 Å². The molecule has 39 heavy (non-hydrogen) atoms. The second-order valence-electron chi connectivity index (χ2n) is 10.1. The van der Waals surface area contributed by atoms with Crippen LogP contribution in [0.25, 0.3) is 22.2 Å². The standard InChI is InChI=1S/C29H30F2N4O3S/c1-17(2)19-5-6-26(39(4,36)37)23(11-19)28-18(3)29(27-24(31)12-20(30)13-25(27)34-28)33-21-14-22(16-32-15-21)35-7-9-38-10-8-35/h5-6,11-17H,7-10H2,1-4H3,(H,33,34). The maximum absolute atomic E-state index is 15.3. The highest BCUT2D eigenvalue weighted by Crippen LogP contribution is 2.40. The Morgan fingerprint density at radius 1 is 1.05 bits per heavy atom. The Hall–Kier alpha value is -3.63. The average Bonchev–Trinajstić information content (AvgIpc) is 2.89. The maximum atomic E-state index is 15.3. The number of hydrogen-bond donors (Lipinski definition) is 1. The lowest BCUT2D eigenvalue weighted by atomic mass is 9.96. The molecule has 4 aromatic rings. The number of ether oxygens (including phenoxy) is 1. The van der Waals surface area contributed by atoms with E-state index in [1.54, 1.807) is 37.5 Å². The van der Waals surface area contributed by atoms with Crippen LogP contribution in [0.2, 0.25) is 0 Å². The molecule has 1 N–H and O–H groups in total. The monoisotopic (exact) mass is 552 g/mol. The topological polar surface area (TPSA) is 84.4 Å². The van der Waals surface area contributed by atoms with Crippen LogP contribution in [0.15, 0.2) is 53.7 Å².